The maximum Gasteiger partial charge on any atom is 0.416 e. The quantitative estimate of drug-likeness (QED) is 0.518. The molecule has 5 nitrogen and oxygen atoms in total. The fourth-order valence-corrected chi connectivity index (χ4v) is 2.09. The van der Waals surface area contributed by atoms with E-state index in [1.54, 1.807) is 7.05 Å². The van der Waals surface area contributed by atoms with Gasteiger partial charge in [-0.3, -0.25) is 9.79 Å². The average molecular weight is 358 g/mol. The summed E-state index contributed by atoms with van der Waals surface area (Å²) in [6.45, 7) is 4.75. The molecule has 0 aliphatic carbocycles. The second-order valence-corrected chi connectivity index (χ2v) is 5.84. The highest BCUT2D eigenvalue weighted by atomic mass is 19.4. The summed E-state index contributed by atoms with van der Waals surface area (Å²) in [5.41, 5.74) is 0.147. The molecule has 1 aromatic carbocycles. The molecule has 0 unspecified atom stereocenters. The lowest BCUT2D eigenvalue weighted by atomic mass is 10.1. The normalized spacial score (nSPS) is 12.2. The van der Waals surface area contributed by atoms with E-state index in [1.807, 2.05) is 13.8 Å². The number of carbonyl (C=O) groups is 1. The van der Waals surface area contributed by atoms with Crippen LogP contribution < -0.4 is 16.0 Å². The molecule has 0 heterocycles. The SMILES string of the molecule is CN=C(NCCC(=O)NC(C)C)NCCc1ccc(C(F)(F)F)cc1. The third-order valence-electron chi connectivity index (χ3n) is 3.31. The Hall–Kier alpha value is -2.25. The molecule has 1 aromatic rings. The summed E-state index contributed by atoms with van der Waals surface area (Å²) >= 11 is 0. The Morgan fingerprint density at radius 2 is 1.72 bits per heavy atom. The molecule has 0 saturated carbocycles. The van der Waals surface area contributed by atoms with Crippen molar-refractivity contribution in [3.05, 3.63) is 35.4 Å². The summed E-state index contributed by atoms with van der Waals surface area (Å²) in [7, 11) is 1.61. The van der Waals surface area contributed by atoms with Crippen molar-refractivity contribution in [2.45, 2.75) is 38.9 Å². The third kappa shape index (κ3) is 8.42. The second-order valence-electron chi connectivity index (χ2n) is 5.84. The van der Waals surface area contributed by atoms with Crippen molar-refractivity contribution in [1.29, 1.82) is 0 Å². The van der Waals surface area contributed by atoms with Gasteiger partial charge in [0.15, 0.2) is 5.96 Å². The van der Waals surface area contributed by atoms with Gasteiger partial charge in [0.25, 0.3) is 0 Å². The monoisotopic (exact) mass is 358 g/mol. The molecule has 3 N–H and O–H groups in total. The lowest BCUT2D eigenvalue weighted by molar-refractivity contribution is -0.137. The molecule has 0 aliphatic rings. The summed E-state index contributed by atoms with van der Waals surface area (Å²) in [5, 5.41) is 8.88. The van der Waals surface area contributed by atoms with Crippen molar-refractivity contribution in [3.63, 3.8) is 0 Å². The number of rotatable bonds is 7. The van der Waals surface area contributed by atoms with Crippen LogP contribution in [0.1, 0.15) is 31.4 Å². The van der Waals surface area contributed by atoms with E-state index in [0.717, 1.165) is 17.7 Å². The summed E-state index contributed by atoms with van der Waals surface area (Å²) in [6.07, 6.45) is -3.42. The van der Waals surface area contributed by atoms with Crippen molar-refractivity contribution in [1.82, 2.24) is 16.0 Å². The largest absolute Gasteiger partial charge is 0.416 e. The molecule has 0 aliphatic heterocycles. The number of amides is 1. The van der Waals surface area contributed by atoms with E-state index in [-0.39, 0.29) is 11.9 Å². The number of aliphatic imine (C=N–C) groups is 1. The van der Waals surface area contributed by atoms with Gasteiger partial charge in [-0.2, -0.15) is 13.2 Å². The zero-order valence-corrected chi connectivity index (χ0v) is 14.7. The van der Waals surface area contributed by atoms with Crippen molar-refractivity contribution in [3.8, 4) is 0 Å². The minimum atomic E-state index is -4.31. The first-order chi connectivity index (χ1) is 11.7. The van der Waals surface area contributed by atoms with Crippen LogP contribution in [0, 0.1) is 0 Å². The number of nitrogens with one attached hydrogen (secondary N) is 3. The van der Waals surface area contributed by atoms with Gasteiger partial charge in [0.05, 0.1) is 5.56 Å². The van der Waals surface area contributed by atoms with Crippen molar-refractivity contribution in [2.75, 3.05) is 20.1 Å². The number of guanidine groups is 1. The zero-order chi connectivity index (χ0) is 18.9. The van der Waals surface area contributed by atoms with E-state index in [4.69, 9.17) is 0 Å². The highest BCUT2D eigenvalue weighted by molar-refractivity contribution is 5.81. The van der Waals surface area contributed by atoms with Gasteiger partial charge in [0.1, 0.15) is 0 Å². The highest BCUT2D eigenvalue weighted by Gasteiger charge is 2.29. The lowest BCUT2D eigenvalue weighted by Crippen LogP contribution is -2.40. The summed E-state index contributed by atoms with van der Waals surface area (Å²) in [5.74, 6) is 0.506. The summed E-state index contributed by atoms with van der Waals surface area (Å²) in [6, 6.07) is 5.20. The Balaban J connectivity index is 2.32. The first kappa shape index (κ1) is 20.8. The van der Waals surface area contributed by atoms with Gasteiger partial charge in [-0.05, 0) is 38.0 Å². The maximum atomic E-state index is 12.5. The van der Waals surface area contributed by atoms with Crippen molar-refractivity contribution < 1.29 is 18.0 Å². The Labute approximate surface area is 146 Å². The van der Waals surface area contributed by atoms with E-state index in [9.17, 15) is 18.0 Å². The first-order valence-electron chi connectivity index (χ1n) is 8.12. The molecular weight excluding hydrogens is 333 g/mol. The van der Waals surface area contributed by atoms with Crippen LogP contribution in [0.4, 0.5) is 13.2 Å². The molecule has 0 radical (unpaired) electrons. The highest BCUT2D eigenvalue weighted by Crippen LogP contribution is 2.29. The molecule has 0 aromatic heterocycles. The van der Waals surface area contributed by atoms with Gasteiger partial charge in [-0.1, -0.05) is 12.1 Å². The van der Waals surface area contributed by atoms with E-state index in [0.29, 0.717) is 31.9 Å². The van der Waals surface area contributed by atoms with Crippen LogP contribution in [0.3, 0.4) is 0 Å². The Morgan fingerprint density at radius 3 is 2.24 bits per heavy atom. The smallest absolute Gasteiger partial charge is 0.356 e. The minimum absolute atomic E-state index is 0.0392. The molecule has 25 heavy (non-hydrogen) atoms. The fraction of sp³-hybridized carbons (Fsp3) is 0.529. The van der Waals surface area contributed by atoms with Crippen LogP contribution in [0.2, 0.25) is 0 Å². The Bertz CT molecular complexity index is 568. The zero-order valence-electron chi connectivity index (χ0n) is 14.7. The minimum Gasteiger partial charge on any atom is -0.356 e. The number of hydrogen-bond donors (Lipinski definition) is 3. The molecule has 0 atom stereocenters. The molecule has 1 amide bonds. The number of hydrogen-bond acceptors (Lipinski definition) is 2. The van der Waals surface area contributed by atoms with Crippen molar-refractivity contribution >= 4 is 11.9 Å². The molecule has 0 saturated heterocycles. The Kier molecular flexibility index (Phi) is 8.24. The third-order valence-corrected chi connectivity index (χ3v) is 3.31. The van der Waals surface area contributed by atoms with Crippen LogP contribution in [0.15, 0.2) is 29.3 Å². The summed E-state index contributed by atoms with van der Waals surface area (Å²) in [4.78, 5) is 15.6. The molecule has 1 rings (SSSR count). The van der Waals surface area contributed by atoms with E-state index >= 15 is 0 Å². The Morgan fingerprint density at radius 1 is 1.12 bits per heavy atom. The van der Waals surface area contributed by atoms with Gasteiger partial charge >= 0.3 is 6.18 Å². The molecule has 0 bridgehead atoms. The van der Waals surface area contributed by atoms with Gasteiger partial charge < -0.3 is 16.0 Å². The van der Waals surface area contributed by atoms with Crippen LogP contribution in [0.25, 0.3) is 0 Å². The lowest BCUT2D eigenvalue weighted by Gasteiger charge is -2.13. The predicted octanol–water partition coefficient (Wildman–Crippen LogP) is 2.33. The molecular formula is C17H25F3N4O. The van der Waals surface area contributed by atoms with Crippen LogP contribution in [-0.2, 0) is 17.4 Å². The number of alkyl halides is 3. The predicted molar refractivity (Wildman–Crippen MR) is 92.4 cm³/mol. The molecule has 0 spiro atoms. The van der Waals surface area contributed by atoms with Crippen molar-refractivity contribution in [2.24, 2.45) is 4.99 Å². The number of halogens is 3. The average Bonchev–Trinajstić information content (AvgIpc) is 2.52. The van der Waals surface area contributed by atoms with Crippen LogP contribution in [-0.4, -0.2) is 38.0 Å². The second kappa shape index (κ2) is 9.90. The standard InChI is InChI=1S/C17H25F3N4O/c1-12(2)24-15(25)9-11-23-16(21-3)22-10-8-13-4-6-14(7-5-13)17(18,19)20/h4-7,12H,8-11H2,1-3H3,(H,24,25)(H2,21,22,23). The molecule has 0 fully saturated rings. The van der Waals surface area contributed by atoms with Gasteiger partial charge in [-0.25, -0.2) is 0 Å². The van der Waals surface area contributed by atoms with Gasteiger partial charge in [0.2, 0.25) is 5.91 Å². The number of benzene rings is 1. The molecule has 8 heteroatoms. The number of carbonyl (C=O) groups excluding carboxylic acids is 1. The van der Waals surface area contributed by atoms with E-state index < -0.39 is 11.7 Å². The van der Waals surface area contributed by atoms with E-state index in [1.165, 1.54) is 12.1 Å². The van der Waals surface area contributed by atoms with Crippen LogP contribution in [0.5, 0.6) is 0 Å². The van der Waals surface area contributed by atoms with Gasteiger partial charge in [0, 0.05) is 32.6 Å². The summed E-state index contributed by atoms with van der Waals surface area (Å²) < 4.78 is 37.5. The fourth-order valence-electron chi connectivity index (χ4n) is 2.09. The van der Waals surface area contributed by atoms with Crippen LogP contribution >= 0.6 is 0 Å². The maximum absolute atomic E-state index is 12.5. The van der Waals surface area contributed by atoms with Gasteiger partial charge in [-0.15, -0.1) is 0 Å². The van der Waals surface area contributed by atoms with E-state index in [2.05, 4.69) is 20.9 Å². The molecule has 140 valence electrons. The topological polar surface area (TPSA) is 65.5 Å². The number of nitrogens with zero attached hydrogens (tertiary/aromatic N) is 1. The first-order valence-corrected chi connectivity index (χ1v) is 8.12.